The summed E-state index contributed by atoms with van der Waals surface area (Å²) in [7, 11) is 1.54. The minimum absolute atomic E-state index is 0.0414. The Kier molecular flexibility index (Phi) is 10.4. The molecule has 1 fully saturated rings. The van der Waals surface area contributed by atoms with E-state index in [4.69, 9.17) is 9.47 Å². The number of carbonyl (C=O) groups is 4. The predicted molar refractivity (Wildman–Crippen MR) is 175 cm³/mol. The first-order chi connectivity index (χ1) is 22.3. The summed E-state index contributed by atoms with van der Waals surface area (Å²) in [4.78, 5) is 55.4. The van der Waals surface area contributed by atoms with Gasteiger partial charge in [-0.1, -0.05) is 66.7 Å². The molecule has 0 bridgehead atoms. The van der Waals surface area contributed by atoms with Crippen molar-refractivity contribution < 1.29 is 28.7 Å². The minimum atomic E-state index is -1.02. The van der Waals surface area contributed by atoms with Gasteiger partial charge in [0.05, 0.1) is 37.0 Å². The van der Waals surface area contributed by atoms with Crippen molar-refractivity contribution in [2.75, 3.05) is 26.8 Å². The van der Waals surface area contributed by atoms with Gasteiger partial charge in [-0.25, -0.2) is 0 Å². The summed E-state index contributed by atoms with van der Waals surface area (Å²) < 4.78 is 10.4. The molecule has 3 atom stereocenters. The maximum absolute atomic E-state index is 14.3. The average Bonchev–Trinajstić information content (AvgIpc) is 3.08. The standard InChI is InChI=1S/C37H43N3O6/c1-4-46-33(41)24-25(2)38-36(44)37(26-12-6-5-7-13-26)21-18-29(28-14-8-10-16-31(28)37)35(43)40-22-19-27(20-23-40)39-34(42)30-15-9-11-17-32(30)45-3/h5-17,25,27,29H,4,18-24H2,1-3H3,(H,38,44)(H,39,42)/t25?,29-,37+/m0/s1. The molecular formula is C37H43N3O6. The Morgan fingerprint density at radius 3 is 2.30 bits per heavy atom. The summed E-state index contributed by atoms with van der Waals surface area (Å²) in [6.07, 6.45) is 2.30. The van der Waals surface area contributed by atoms with Crippen molar-refractivity contribution in [2.24, 2.45) is 0 Å². The molecule has 1 saturated heterocycles. The number of hydrogen-bond donors (Lipinski definition) is 2. The number of esters is 1. The van der Waals surface area contributed by atoms with Crippen LogP contribution in [0.25, 0.3) is 0 Å². The normalized spacial score (nSPS) is 20.2. The summed E-state index contributed by atoms with van der Waals surface area (Å²) in [6.45, 7) is 4.91. The first-order valence-electron chi connectivity index (χ1n) is 16.1. The Morgan fingerprint density at radius 2 is 1.59 bits per heavy atom. The summed E-state index contributed by atoms with van der Waals surface area (Å²) in [6, 6.07) is 24.1. The van der Waals surface area contributed by atoms with E-state index in [1.165, 1.54) is 0 Å². The third-order valence-electron chi connectivity index (χ3n) is 9.21. The van der Waals surface area contributed by atoms with Crippen LogP contribution in [-0.2, 0) is 24.5 Å². The zero-order chi connectivity index (χ0) is 32.7. The largest absolute Gasteiger partial charge is 0.496 e. The van der Waals surface area contributed by atoms with Gasteiger partial charge in [-0.15, -0.1) is 0 Å². The van der Waals surface area contributed by atoms with E-state index < -0.39 is 17.4 Å². The monoisotopic (exact) mass is 625 g/mol. The van der Waals surface area contributed by atoms with Crippen molar-refractivity contribution in [3.63, 3.8) is 0 Å². The highest BCUT2D eigenvalue weighted by Gasteiger charge is 2.49. The molecule has 1 aliphatic carbocycles. The van der Waals surface area contributed by atoms with Crippen molar-refractivity contribution in [2.45, 2.75) is 69.4 Å². The summed E-state index contributed by atoms with van der Waals surface area (Å²) in [5.74, 6) is -0.563. The second-order valence-electron chi connectivity index (χ2n) is 12.1. The number of amides is 3. The number of ether oxygens (including phenoxy) is 2. The molecular weight excluding hydrogens is 582 g/mol. The number of methoxy groups -OCH3 is 1. The van der Waals surface area contributed by atoms with Crippen molar-refractivity contribution in [1.29, 1.82) is 0 Å². The van der Waals surface area contributed by atoms with Crippen molar-refractivity contribution in [1.82, 2.24) is 15.5 Å². The van der Waals surface area contributed by atoms with Crippen LogP contribution in [-0.4, -0.2) is 67.5 Å². The van der Waals surface area contributed by atoms with E-state index in [2.05, 4.69) is 10.6 Å². The zero-order valence-electron chi connectivity index (χ0n) is 26.8. The highest BCUT2D eigenvalue weighted by Crippen LogP contribution is 2.48. The fourth-order valence-corrected chi connectivity index (χ4v) is 6.91. The van der Waals surface area contributed by atoms with E-state index >= 15 is 0 Å². The maximum Gasteiger partial charge on any atom is 0.307 e. The predicted octanol–water partition coefficient (Wildman–Crippen LogP) is 4.74. The van der Waals surface area contributed by atoms with Crippen LogP contribution in [0.15, 0.2) is 78.9 Å². The number of likely N-dealkylation sites (tertiary alicyclic amines) is 1. The molecule has 3 aromatic rings. The minimum Gasteiger partial charge on any atom is -0.496 e. The van der Waals surface area contributed by atoms with Crippen LogP contribution < -0.4 is 15.4 Å². The zero-order valence-corrected chi connectivity index (χ0v) is 26.8. The third-order valence-corrected chi connectivity index (χ3v) is 9.21. The van der Waals surface area contributed by atoms with Gasteiger partial charge in [0, 0.05) is 25.2 Å². The molecule has 2 aliphatic rings. The number of carbonyl (C=O) groups excluding carboxylic acids is 4. The molecule has 242 valence electrons. The van der Waals surface area contributed by atoms with E-state index in [0.717, 1.165) is 16.7 Å². The molecule has 0 spiro atoms. The second kappa shape index (κ2) is 14.6. The highest BCUT2D eigenvalue weighted by molar-refractivity contribution is 5.97. The molecule has 1 aliphatic heterocycles. The van der Waals surface area contributed by atoms with Crippen LogP contribution in [0.4, 0.5) is 0 Å². The first-order valence-corrected chi connectivity index (χ1v) is 16.1. The van der Waals surface area contributed by atoms with Gasteiger partial charge in [-0.05, 0) is 68.4 Å². The lowest BCUT2D eigenvalue weighted by Crippen LogP contribution is -2.52. The molecule has 0 radical (unpaired) electrons. The van der Waals surface area contributed by atoms with E-state index in [1.54, 1.807) is 39.2 Å². The van der Waals surface area contributed by atoms with Gasteiger partial charge in [0.1, 0.15) is 5.75 Å². The molecule has 0 aromatic heterocycles. The van der Waals surface area contributed by atoms with Crippen LogP contribution >= 0.6 is 0 Å². The van der Waals surface area contributed by atoms with Crippen LogP contribution in [0.2, 0.25) is 0 Å². The van der Waals surface area contributed by atoms with E-state index in [1.807, 2.05) is 65.6 Å². The Balaban J connectivity index is 1.33. The molecule has 5 rings (SSSR count). The van der Waals surface area contributed by atoms with Crippen LogP contribution in [0.3, 0.4) is 0 Å². The first kappa shape index (κ1) is 32.7. The fraction of sp³-hybridized carbons (Fsp3) is 0.405. The molecule has 1 unspecified atom stereocenters. The number of nitrogens with zero attached hydrogens (tertiary/aromatic N) is 1. The number of piperidine rings is 1. The SMILES string of the molecule is CCOC(=O)CC(C)NC(=O)[C@@]1(c2ccccc2)CC[C@H](C(=O)N2CCC(NC(=O)c3ccccc3OC)CC2)c2ccccc21. The molecule has 46 heavy (non-hydrogen) atoms. The number of para-hydroxylation sites is 1. The van der Waals surface area contributed by atoms with Gasteiger partial charge in [0.15, 0.2) is 0 Å². The van der Waals surface area contributed by atoms with Crippen LogP contribution in [0, 0.1) is 0 Å². The number of hydrogen-bond acceptors (Lipinski definition) is 6. The summed E-state index contributed by atoms with van der Waals surface area (Å²) >= 11 is 0. The summed E-state index contributed by atoms with van der Waals surface area (Å²) in [5.41, 5.74) is 1.98. The number of nitrogens with one attached hydrogen (secondary N) is 2. The smallest absolute Gasteiger partial charge is 0.307 e. The van der Waals surface area contributed by atoms with E-state index in [-0.39, 0.29) is 42.8 Å². The van der Waals surface area contributed by atoms with Crippen LogP contribution in [0.1, 0.15) is 78.9 Å². The molecule has 9 heteroatoms. The molecule has 3 aromatic carbocycles. The third kappa shape index (κ3) is 6.78. The quantitative estimate of drug-likeness (QED) is 0.315. The second-order valence-corrected chi connectivity index (χ2v) is 12.1. The van der Waals surface area contributed by atoms with Gasteiger partial charge in [-0.2, -0.15) is 0 Å². The number of rotatable bonds is 10. The topological polar surface area (TPSA) is 114 Å². The Labute approximate surface area is 270 Å². The number of benzene rings is 3. The van der Waals surface area contributed by atoms with Gasteiger partial charge in [-0.3, -0.25) is 19.2 Å². The lowest BCUT2D eigenvalue weighted by Gasteiger charge is -2.43. The van der Waals surface area contributed by atoms with Gasteiger partial charge in [0.2, 0.25) is 11.8 Å². The lowest BCUT2D eigenvalue weighted by atomic mass is 9.62. The Hall–Kier alpha value is -4.66. The average molecular weight is 626 g/mol. The van der Waals surface area contributed by atoms with Crippen molar-refractivity contribution in [3.05, 3.63) is 101 Å². The molecule has 0 saturated carbocycles. The molecule has 1 heterocycles. The number of fused-ring (bicyclic) bond motifs is 1. The van der Waals surface area contributed by atoms with Crippen molar-refractivity contribution >= 4 is 23.7 Å². The maximum atomic E-state index is 14.3. The van der Waals surface area contributed by atoms with Crippen LogP contribution in [0.5, 0.6) is 5.75 Å². The Morgan fingerprint density at radius 1 is 0.913 bits per heavy atom. The lowest BCUT2D eigenvalue weighted by molar-refractivity contribution is -0.144. The summed E-state index contributed by atoms with van der Waals surface area (Å²) in [5, 5.41) is 6.20. The Bertz CT molecular complexity index is 1550. The fourth-order valence-electron chi connectivity index (χ4n) is 6.91. The molecule has 2 N–H and O–H groups in total. The highest BCUT2D eigenvalue weighted by atomic mass is 16.5. The molecule has 3 amide bonds. The van der Waals surface area contributed by atoms with Crippen molar-refractivity contribution in [3.8, 4) is 5.75 Å². The van der Waals surface area contributed by atoms with Gasteiger partial charge in [0.25, 0.3) is 5.91 Å². The molecule has 9 nitrogen and oxygen atoms in total. The van der Waals surface area contributed by atoms with Gasteiger partial charge >= 0.3 is 5.97 Å². The van der Waals surface area contributed by atoms with Gasteiger partial charge < -0.3 is 25.0 Å². The van der Waals surface area contributed by atoms with E-state index in [0.29, 0.717) is 50.1 Å². The van der Waals surface area contributed by atoms with E-state index in [9.17, 15) is 19.2 Å².